The molecule has 1 atom stereocenters. The highest BCUT2D eigenvalue weighted by molar-refractivity contribution is 5.37. The fourth-order valence-electron chi connectivity index (χ4n) is 2.72. The van der Waals surface area contributed by atoms with Gasteiger partial charge in [-0.2, -0.15) is 0 Å². The molecule has 2 aromatic carbocycles. The van der Waals surface area contributed by atoms with Crippen molar-refractivity contribution in [2.75, 3.05) is 0 Å². The van der Waals surface area contributed by atoms with Crippen LogP contribution in [0.25, 0.3) is 0 Å². The van der Waals surface area contributed by atoms with Crippen molar-refractivity contribution in [3.63, 3.8) is 0 Å². The predicted molar refractivity (Wildman–Crippen MR) is 87.1 cm³/mol. The summed E-state index contributed by atoms with van der Waals surface area (Å²) in [5, 5.41) is 3.64. The molecule has 106 valence electrons. The first-order chi connectivity index (χ1) is 9.47. The molecule has 2 rings (SSSR count). The average molecular weight is 267 g/mol. The van der Waals surface area contributed by atoms with E-state index in [1.807, 2.05) is 0 Å². The molecule has 0 amide bonds. The molecule has 0 spiro atoms. The molecule has 20 heavy (non-hydrogen) atoms. The summed E-state index contributed by atoms with van der Waals surface area (Å²) in [7, 11) is 0. The van der Waals surface area contributed by atoms with Crippen LogP contribution in [0.3, 0.4) is 0 Å². The van der Waals surface area contributed by atoms with Gasteiger partial charge in [-0.05, 0) is 56.9 Å². The SMILES string of the molecule is Cc1ccc([C@H](C)NCc2c(C)cc(C)cc2C)cc1. The van der Waals surface area contributed by atoms with E-state index in [1.54, 1.807) is 0 Å². The molecule has 0 fully saturated rings. The van der Waals surface area contributed by atoms with Crippen LogP contribution in [0.15, 0.2) is 36.4 Å². The lowest BCUT2D eigenvalue weighted by Crippen LogP contribution is -2.19. The number of nitrogens with one attached hydrogen (secondary N) is 1. The standard InChI is InChI=1S/C19H25N/c1-13-6-8-18(9-7-13)17(5)20-12-19-15(3)10-14(2)11-16(19)4/h6-11,17,20H,12H2,1-5H3/t17-/m0/s1. The van der Waals surface area contributed by atoms with Crippen LogP contribution >= 0.6 is 0 Å². The highest BCUT2D eigenvalue weighted by atomic mass is 14.9. The molecule has 2 aromatic rings. The van der Waals surface area contributed by atoms with Crippen LogP contribution in [0.4, 0.5) is 0 Å². The summed E-state index contributed by atoms with van der Waals surface area (Å²) >= 11 is 0. The quantitative estimate of drug-likeness (QED) is 0.841. The third-order valence-corrected chi connectivity index (χ3v) is 4.00. The maximum absolute atomic E-state index is 3.64. The van der Waals surface area contributed by atoms with Crippen molar-refractivity contribution in [3.05, 3.63) is 69.8 Å². The van der Waals surface area contributed by atoms with Crippen LogP contribution < -0.4 is 5.32 Å². The van der Waals surface area contributed by atoms with Gasteiger partial charge in [0.2, 0.25) is 0 Å². The van der Waals surface area contributed by atoms with Gasteiger partial charge in [-0.25, -0.2) is 0 Å². The number of hydrogen-bond acceptors (Lipinski definition) is 1. The summed E-state index contributed by atoms with van der Waals surface area (Å²) in [6.07, 6.45) is 0. The molecule has 1 heteroatoms. The summed E-state index contributed by atoms with van der Waals surface area (Å²) < 4.78 is 0. The lowest BCUT2D eigenvalue weighted by molar-refractivity contribution is 0.572. The summed E-state index contributed by atoms with van der Waals surface area (Å²) in [5.74, 6) is 0. The number of aryl methyl sites for hydroxylation is 4. The van der Waals surface area contributed by atoms with Crippen LogP contribution in [0.2, 0.25) is 0 Å². The Morgan fingerprint density at radius 2 is 1.40 bits per heavy atom. The Balaban J connectivity index is 2.07. The Bertz CT molecular complexity index is 558. The third-order valence-electron chi connectivity index (χ3n) is 4.00. The van der Waals surface area contributed by atoms with Crippen molar-refractivity contribution in [3.8, 4) is 0 Å². The first kappa shape index (κ1) is 14.8. The van der Waals surface area contributed by atoms with Crippen LogP contribution in [0.5, 0.6) is 0 Å². The highest BCUT2D eigenvalue weighted by Gasteiger charge is 2.08. The largest absolute Gasteiger partial charge is 0.306 e. The van der Waals surface area contributed by atoms with Gasteiger partial charge in [0.1, 0.15) is 0 Å². The zero-order valence-electron chi connectivity index (χ0n) is 13.2. The zero-order valence-corrected chi connectivity index (χ0v) is 13.2. The number of benzene rings is 2. The van der Waals surface area contributed by atoms with Gasteiger partial charge in [0.25, 0.3) is 0 Å². The van der Waals surface area contributed by atoms with E-state index in [2.05, 4.69) is 76.3 Å². The Morgan fingerprint density at radius 3 is 1.95 bits per heavy atom. The van der Waals surface area contributed by atoms with E-state index in [1.165, 1.54) is 33.4 Å². The Morgan fingerprint density at radius 1 is 0.850 bits per heavy atom. The minimum atomic E-state index is 0.371. The Kier molecular flexibility index (Phi) is 4.61. The van der Waals surface area contributed by atoms with Crippen molar-refractivity contribution in [2.24, 2.45) is 0 Å². The van der Waals surface area contributed by atoms with Gasteiger partial charge < -0.3 is 5.32 Å². The van der Waals surface area contributed by atoms with Crippen LogP contribution in [-0.2, 0) is 6.54 Å². The molecule has 0 saturated heterocycles. The van der Waals surface area contributed by atoms with E-state index in [0.717, 1.165) is 6.54 Å². The highest BCUT2D eigenvalue weighted by Crippen LogP contribution is 2.18. The van der Waals surface area contributed by atoms with E-state index >= 15 is 0 Å². The van der Waals surface area contributed by atoms with Crippen LogP contribution in [-0.4, -0.2) is 0 Å². The van der Waals surface area contributed by atoms with Gasteiger partial charge >= 0.3 is 0 Å². The molecular formula is C19H25N. The molecule has 0 aliphatic heterocycles. The minimum Gasteiger partial charge on any atom is -0.306 e. The van der Waals surface area contributed by atoms with Crippen LogP contribution in [0, 0.1) is 27.7 Å². The topological polar surface area (TPSA) is 12.0 Å². The number of rotatable bonds is 4. The average Bonchev–Trinajstić information content (AvgIpc) is 2.38. The maximum Gasteiger partial charge on any atom is 0.0294 e. The first-order valence-corrected chi connectivity index (χ1v) is 7.34. The molecule has 1 nitrogen and oxygen atoms in total. The third kappa shape index (κ3) is 3.49. The van der Waals surface area contributed by atoms with Crippen LogP contribution in [0.1, 0.15) is 46.3 Å². The zero-order chi connectivity index (χ0) is 14.7. The Labute approximate surface area is 123 Å². The summed E-state index contributed by atoms with van der Waals surface area (Å²) in [4.78, 5) is 0. The van der Waals surface area contributed by atoms with Crippen molar-refractivity contribution >= 4 is 0 Å². The van der Waals surface area contributed by atoms with Gasteiger partial charge in [0, 0.05) is 12.6 Å². The fraction of sp³-hybridized carbons (Fsp3) is 0.368. The minimum absolute atomic E-state index is 0.371. The van der Waals surface area contributed by atoms with Gasteiger partial charge in [-0.3, -0.25) is 0 Å². The fourth-order valence-corrected chi connectivity index (χ4v) is 2.72. The molecule has 0 heterocycles. The van der Waals surface area contributed by atoms with Crippen molar-refractivity contribution < 1.29 is 0 Å². The normalized spacial score (nSPS) is 12.4. The first-order valence-electron chi connectivity index (χ1n) is 7.34. The number of hydrogen-bond donors (Lipinski definition) is 1. The molecular weight excluding hydrogens is 242 g/mol. The van der Waals surface area contributed by atoms with E-state index in [4.69, 9.17) is 0 Å². The van der Waals surface area contributed by atoms with Crippen molar-refractivity contribution in [1.82, 2.24) is 5.32 Å². The van der Waals surface area contributed by atoms with E-state index in [0.29, 0.717) is 6.04 Å². The van der Waals surface area contributed by atoms with Gasteiger partial charge in [0.15, 0.2) is 0 Å². The molecule has 0 aromatic heterocycles. The molecule has 0 radical (unpaired) electrons. The lowest BCUT2D eigenvalue weighted by Gasteiger charge is -2.17. The predicted octanol–water partition coefficient (Wildman–Crippen LogP) is 4.77. The second kappa shape index (κ2) is 6.23. The van der Waals surface area contributed by atoms with E-state index in [9.17, 15) is 0 Å². The van der Waals surface area contributed by atoms with Gasteiger partial charge in [-0.1, -0.05) is 47.5 Å². The van der Waals surface area contributed by atoms with Gasteiger partial charge in [-0.15, -0.1) is 0 Å². The summed E-state index contributed by atoms with van der Waals surface area (Å²) in [5.41, 5.74) is 8.19. The monoisotopic (exact) mass is 267 g/mol. The van der Waals surface area contributed by atoms with Crippen molar-refractivity contribution in [1.29, 1.82) is 0 Å². The Hall–Kier alpha value is -1.60. The molecule has 0 aliphatic carbocycles. The molecule has 0 unspecified atom stereocenters. The maximum atomic E-state index is 3.64. The van der Waals surface area contributed by atoms with Crippen molar-refractivity contribution in [2.45, 2.75) is 47.2 Å². The van der Waals surface area contributed by atoms with E-state index < -0.39 is 0 Å². The molecule has 0 aliphatic rings. The smallest absolute Gasteiger partial charge is 0.0294 e. The molecule has 0 bridgehead atoms. The molecule has 0 saturated carbocycles. The van der Waals surface area contributed by atoms with Gasteiger partial charge in [0.05, 0.1) is 0 Å². The van der Waals surface area contributed by atoms with E-state index in [-0.39, 0.29) is 0 Å². The second-order valence-electron chi connectivity index (χ2n) is 5.89. The summed E-state index contributed by atoms with van der Waals surface area (Å²) in [6.45, 7) is 11.8. The summed E-state index contributed by atoms with van der Waals surface area (Å²) in [6, 6.07) is 13.7. The second-order valence-corrected chi connectivity index (χ2v) is 5.89. The molecule has 1 N–H and O–H groups in total. The lowest BCUT2D eigenvalue weighted by atomic mass is 9.99.